The van der Waals surface area contributed by atoms with Crippen LogP contribution in [0.5, 0.6) is 0 Å². The molecule has 1 aromatic rings. The van der Waals surface area contributed by atoms with Crippen LogP contribution < -0.4 is 5.32 Å². The van der Waals surface area contributed by atoms with Crippen LogP contribution in [0, 0.1) is 5.92 Å². The Morgan fingerprint density at radius 2 is 2.05 bits per heavy atom. The van der Waals surface area contributed by atoms with E-state index >= 15 is 0 Å². The monoisotopic (exact) mass is 260 g/mol. The zero-order valence-corrected chi connectivity index (χ0v) is 11.9. The smallest absolute Gasteiger partial charge is 0.150 e. The molecule has 2 fully saturated rings. The zero-order chi connectivity index (χ0) is 12.9. The van der Waals surface area contributed by atoms with Crippen molar-refractivity contribution in [2.24, 2.45) is 5.92 Å². The summed E-state index contributed by atoms with van der Waals surface area (Å²) in [5.41, 5.74) is 0.330. The summed E-state index contributed by atoms with van der Waals surface area (Å²) in [4.78, 5) is 0. The molecule has 1 aromatic heterocycles. The Labute approximate surface area is 115 Å². The highest BCUT2D eigenvalue weighted by atomic mass is 15.3. The Balaban J connectivity index is 1.74. The van der Waals surface area contributed by atoms with Gasteiger partial charge in [-0.05, 0) is 38.0 Å². The summed E-state index contributed by atoms with van der Waals surface area (Å²) in [6.07, 6.45) is 9.28. The van der Waals surface area contributed by atoms with Gasteiger partial charge in [-0.2, -0.15) is 0 Å². The lowest BCUT2D eigenvalue weighted by Gasteiger charge is -2.31. The molecule has 0 spiro atoms. The van der Waals surface area contributed by atoms with Crippen LogP contribution in [-0.4, -0.2) is 21.3 Å². The van der Waals surface area contributed by atoms with Crippen molar-refractivity contribution in [2.45, 2.75) is 69.9 Å². The lowest BCUT2D eigenvalue weighted by Crippen LogP contribution is -2.37. The highest BCUT2D eigenvalue weighted by Crippen LogP contribution is 2.46. The van der Waals surface area contributed by atoms with Gasteiger partial charge in [0.2, 0.25) is 0 Å². The lowest BCUT2D eigenvalue weighted by molar-refractivity contribution is 0.338. The van der Waals surface area contributed by atoms with Gasteiger partial charge in [0, 0.05) is 18.5 Å². The molecule has 2 saturated carbocycles. The number of hydrogen-bond donors (Lipinski definition) is 1. The van der Waals surface area contributed by atoms with Gasteiger partial charge in [0.15, 0.2) is 5.82 Å². The van der Waals surface area contributed by atoms with Gasteiger partial charge in [-0.1, -0.05) is 19.8 Å². The first-order chi connectivity index (χ1) is 9.34. The summed E-state index contributed by atoms with van der Waals surface area (Å²) in [6, 6.07) is 0.477. The first-order valence-electron chi connectivity index (χ1n) is 8.01. The minimum atomic E-state index is 0.330. The second kappa shape index (κ2) is 4.30. The Kier molecular flexibility index (Phi) is 2.69. The molecule has 2 heterocycles. The van der Waals surface area contributed by atoms with Crippen LogP contribution in [0.25, 0.3) is 0 Å². The predicted octanol–water partition coefficient (Wildman–Crippen LogP) is 2.55. The van der Waals surface area contributed by atoms with E-state index in [9.17, 15) is 0 Å². The maximum atomic E-state index is 4.66. The standard InChI is InChI=1S/C15H24N4/c1-2-15(7-3-4-8-15)14-18-17-13-12(11-5-6-11)16-9-10-19(13)14/h11-12,16H,2-10H2,1H3. The first kappa shape index (κ1) is 11.9. The summed E-state index contributed by atoms with van der Waals surface area (Å²) in [5, 5.41) is 12.9. The number of nitrogens with zero attached hydrogens (tertiary/aromatic N) is 3. The van der Waals surface area contributed by atoms with Gasteiger partial charge < -0.3 is 9.88 Å². The van der Waals surface area contributed by atoms with Crippen molar-refractivity contribution < 1.29 is 0 Å². The largest absolute Gasteiger partial charge is 0.312 e. The molecule has 4 rings (SSSR count). The summed E-state index contributed by atoms with van der Waals surface area (Å²) < 4.78 is 2.47. The van der Waals surface area contributed by atoms with E-state index in [0.29, 0.717) is 11.5 Å². The fourth-order valence-corrected chi connectivity index (χ4v) is 4.18. The van der Waals surface area contributed by atoms with E-state index in [4.69, 9.17) is 0 Å². The molecule has 4 nitrogen and oxygen atoms in total. The van der Waals surface area contributed by atoms with Gasteiger partial charge in [-0.25, -0.2) is 0 Å². The maximum absolute atomic E-state index is 4.66. The van der Waals surface area contributed by atoms with Crippen molar-refractivity contribution in [3.63, 3.8) is 0 Å². The van der Waals surface area contributed by atoms with E-state index < -0.39 is 0 Å². The highest BCUT2D eigenvalue weighted by molar-refractivity contribution is 5.17. The molecule has 0 radical (unpaired) electrons. The van der Waals surface area contributed by atoms with E-state index in [2.05, 4.69) is 27.0 Å². The molecular weight excluding hydrogens is 236 g/mol. The van der Waals surface area contributed by atoms with Gasteiger partial charge in [-0.3, -0.25) is 0 Å². The van der Waals surface area contributed by atoms with E-state index in [1.165, 1.54) is 56.6 Å². The third-order valence-corrected chi connectivity index (χ3v) is 5.56. The third kappa shape index (κ3) is 1.76. The van der Waals surface area contributed by atoms with Crippen LogP contribution in [0.2, 0.25) is 0 Å². The minimum absolute atomic E-state index is 0.330. The molecule has 104 valence electrons. The van der Waals surface area contributed by atoms with Crippen LogP contribution in [0.1, 0.15) is 69.6 Å². The Morgan fingerprint density at radius 1 is 1.26 bits per heavy atom. The second-order valence-electron chi connectivity index (χ2n) is 6.64. The van der Waals surface area contributed by atoms with Crippen molar-refractivity contribution in [1.82, 2.24) is 20.1 Å². The second-order valence-corrected chi connectivity index (χ2v) is 6.64. The lowest BCUT2D eigenvalue weighted by atomic mass is 9.82. The number of aromatic nitrogens is 3. The van der Waals surface area contributed by atoms with Gasteiger partial charge in [0.25, 0.3) is 0 Å². The van der Waals surface area contributed by atoms with E-state index in [1.807, 2.05) is 0 Å². The summed E-state index contributed by atoms with van der Waals surface area (Å²) in [7, 11) is 0. The van der Waals surface area contributed by atoms with E-state index in [-0.39, 0.29) is 0 Å². The first-order valence-corrected chi connectivity index (χ1v) is 8.01. The Bertz CT molecular complexity index is 468. The van der Waals surface area contributed by atoms with Crippen LogP contribution >= 0.6 is 0 Å². The third-order valence-electron chi connectivity index (χ3n) is 5.56. The molecule has 3 aliphatic rings. The van der Waals surface area contributed by atoms with Crippen molar-refractivity contribution in [2.75, 3.05) is 6.54 Å². The van der Waals surface area contributed by atoms with Crippen molar-refractivity contribution in [3.05, 3.63) is 11.6 Å². The van der Waals surface area contributed by atoms with Crippen LogP contribution in [0.15, 0.2) is 0 Å². The van der Waals surface area contributed by atoms with Crippen molar-refractivity contribution in [3.8, 4) is 0 Å². The molecule has 1 atom stereocenters. The topological polar surface area (TPSA) is 42.7 Å². The average molecular weight is 260 g/mol. The normalized spacial score (nSPS) is 29.4. The van der Waals surface area contributed by atoms with E-state index in [0.717, 1.165) is 19.0 Å². The summed E-state index contributed by atoms with van der Waals surface area (Å²) >= 11 is 0. The quantitative estimate of drug-likeness (QED) is 0.908. The fourth-order valence-electron chi connectivity index (χ4n) is 4.18. The maximum Gasteiger partial charge on any atom is 0.150 e. The van der Waals surface area contributed by atoms with Gasteiger partial charge >= 0.3 is 0 Å². The van der Waals surface area contributed by atoms with Gasteiger partial charge in [-0.15, -0.1) is 10.2 Å². The summed E-state index contributed by atoms with van der Waals surface area (Å²) in [6.45, 7) is 4.47. The highest BCUT2D eigenvalue weighted by Gasteiger charge is 2.42. The van der Waals surface area contributed by atoms with E-state index in [1.54, 1.807) is 0 Å². The molecule has 4 heteroatoms. The van der Waals surface area contributed by atoms with Crippen molar-refractivity contribution >= 4 is 0 Å². The molecule has 1 aliphatic heterocycles. The van der Waals surface area contributed by atoms with Crippen LogP contribution in [-0.2, 0) is 12.0 Å². The Morgan fingerprint density at radius 3 is 2.74 bits per heavy atom. The van der Waals surface area contributed by atoms with Crippen molar-refractivity contribution in [1.29, 1.82) is 0 Å². The molecule has 0 bridgehead atoms. The van der Waals surface area contributed by atoms with Gasteiger partial charge in [0.1, 0.15) is 5.82 Å². The number of rotatable bonds is 3. The SMILES string of the molecule is CCC1(c2nnc3n2CCNC3C2CC2)CCCC1. The predicted molar refractivity (Wildman–Crippen MR) is 73.9 cm³/mol. The number of nitrogens with one attached hydrogen (secondary N) is 1. The number of fused-ring (bicyclic) bond motifs is 1. The van der Waals surface area contributed by atoms with Crippen LogP contribution in [0.3, 0.4) is 0 Å². The molecule has 2 aliphatic carbocycles. The minimum Gasteiger partial charge on any atom is -0.312 e. The fraction of sp³-hybridized carbons (Fsp3) is 0.867. The van der Waals surface area contributed by atoms with Gasteiger partial charge in [0.05, 0.1) is 6.04 Å². The molecule has 19 heavy (non-hydrogen) atoms. The molecule has 1 N–H and O–H groups in total. The summed E-state index contributed by atoms with van der Waals surface area (Å²) in [5.74, 6) is 3.34. The average Bonchev–Trinajstić information content (AvgIpc) is 3.01. The molecule has 0 aromatic carbocycles. The number of hydrogen-bond acceptors (Lipinski definition) is 3. The van der Waals surface area contributed by atoms with Crippen LogP contribution in [0.4, 0.5) is 0 Å². The molecule has 1 unspecified atom stereocenters. The molecular formula is C15H24N4. The molecule has 0 saturated heterocycles. The zero-order valence-electron chi connectivity index (χ0n) is 11.9. The molecule has 0 amide bonds. The Hall–Kier alpha value is -0.900.